The molecule has 34 heavy (non-hydrogen) atoms. The Morgan fingerprint density at radius 3 is 2.47 bits per heavy atom. The van der Waals surface area contributed by atoms with Crippen molar-refractivity contribution in [1.82, 2.24) is 4.57 Å². The van der Waals surface area contributed by atoms with Crippen molar-refractivity contribution in [1.29, 1.82) is 5.26 Å². The van der Waals surface area contributed by atoms with Crippen LogP contribution in [0.4, 0.5) is 0 Å². The van der Waals surface area contributed by atoms with Crippen molar-refractivity contribution in [2.24, 2.45) is 0 Å². The van der Waals surface area contributed by atoms with E-state index >= 15 is 0 Å². The average molecular weight is 493 g/mol. The van der Waals surface area contributed by atoms with Crippen LogP contribution in [0.3, 0.4) is 0 Å². The number of nitrogens with zero attached hydrogens (tertiary/aromatic N) is 2. The lowest BCUT2D eigenvalue weighted by molar-refractivity contribution is 0.105. The second kappa shape index (κ2) is 12.5. The first-order chi connectivity index (χ1) is 16.5. The molecule has 176 valence electrons. The van der Waals surface area contributed by atoms with E-state index in [-0.39, 0.29) is 16.9 Å². The molecule has 0 aliphatic carbocycles. The highest BCUT2D eigenvalue weighted by atomic mass is 32.2. The van der Waals surface area contributed by atoms with Crippen LogP contribution in [-0.4, -0.2) is 30.3 Å². The van der Waals surface area contributed by atoms with E-state index in [4.69, 9.17) is 4.74 Å². The molecule has 5 nitrogen and oxygen atoms in total. The first-order valence-corrected chi connectivity index (χ1v) is 13.2. The van der Waals surface area contributed by atoms with Crippen LogP contribution in [0.25, 0.3) is 11.6 Å². The van der Waals surface area contributed by atoms with Gasteiger partial charge in [-0.3, -0.25) is 14.2 Å². The number of thioether (sulfide) groups is 1. The molecule has 0 fully saturated rings. The Hall–Kier alpha value is -2.92. The van der Waals surface area contributed by atoms with E-state index in [0.717, 1.165) is 28.9 Å². The van der Waals surface area contributed by atoms with Gasteiger partial charge in [0, 0.05) is 30.7 Å². The van der Waals surface area contributed by atoms with Gasteiger partial charge in [0.05, 0.1) is 4.53 Å². The Bertz CT molecular complexity index is 1350. The Labute approximate surface area is 208 Å². The highest BCUT2D eigenvalue weighted by Gasteiger charge is 2.17. The van der Waals surface area contributed by atoms with E-state index in [9.17, 15) is 14.9 Å². The summed E-state index contributed by atoms with van der Waals surface area (Å²) in [6.45, 7) is 2.95. The summed E-state index contributed by atoms with van der Waals surface area (Å²) in [5.74, 6) is -0.372. The average Bonchev–Trinajstić information content (AvgIpc) is 3.15. The summed E-state index contributed by atoms with van der Waals surface area (Å²) in [5, 5.41) is 9.94. The van der Waals surface area contributed by atoms with Gasteiger partial charge < -0.3 is 4.74 Å². The number of aryl methyl sites for hydroxylation is 1. The molecule has 0 spiro atoms. The molecule has 0 bridgehead atoms. The van der Waals surface area contributed by atoms with Crippen LogP contribution in [0.5, 0.6) is 0 Å². The number of hydrogen-bond acceptors (Lipinski definition) is 6. The number of ether oxygens (including phenoxy) is 1. The summed E-state index contributed by atoms with van der Waals surface area (Å²) >= 11 is 2.83. The smallest absolute Gasteiger partial charge is 0.269 e. The predicted molar refractivity (Wildman–Crippen MR) is 140 cm³/mol. The van der Waals surface area contributed by atoms with Crippen molar-refractivity contribution in [3.63, 3.8) is 0 Å². The fourth-order valence-electron chi connectivity index (χ4n) is 3.58. The second-order valence-corrected chi connectivity index (χ2v) is 9.67. The van der Waals surface area contributed by atoms with Gasteiger partial charge in [-0.2, -0.15) is 5.26 Å². The van der Waals surface area contributed by atoms with Gasteiger partial charge in [-0.1, -0.05) is 49.7 Å². The molecule has 3 aromatic rings. The fraction of sp³-hybridized carbons (Fsp3) is 0.296. The third kappa shape index (κ3) is 6.15. The lowest BCUT2D eigenvalue weighted by Crippen LogP contribution is -2.33. The molecule has 1 aromatic heterocycles. The number of rotatable bonds is 10. The number of Topliss-reactive ketones (excluding diaryl/α,β-unsaturated/α-hetero) is 1. The molecule has 0 saturated heterocycles. The van der Waals surface area contributed by atoms with Crippen molar-refractivity contribution in [2.75, 3.05) is 20.0 Å². The molecular formula is C27H28N2O3S2. The monoisotopic (exact) mass is 492 g/mol. The summed E-state index contributed by atoms with van der Waals surface area (Å²) in [7, 11) is 1.60. The summed E-state index contributed by atoms with van der Waals surface area (Å²) < 4.78 is 7.55. The van der Waals surface area contributed by atoms with Gasteiger partial charge in [0.2, 0.25) is 5.78 Å². The number of thiazole rings is 1. The van der Waals surface area contributed by atoms with E-state index in [2.05, 4.69) is 13.0 Å². The lowest BCUT2D eigenvalue weighted by Gasteiger charge is -2.04. The maximum absolute atomic E-state index is 13.3. The molecule has 0 saturated carbocycles. The van der Waals surface area contributed by atoms with Gasteiger partial charge in [0.15, 0.2) is 0 Å². The highest BCUT2D eigenvalue weighted by Crippen LogP contribution is 2.15. The fourth-order valence-corrected chi connectivity index (χ4v) is 5.11. The first-order valence-electron chi connectivity index (χ1n) is 11.1. The molecule has 7 heteroatoms. The zero-order chi connectivity index (χ0) is 24.5. The molecule has 0 aliphatic heterocycles. The number of carbonyl (C=O) groups excluding carboxylic acids is 1. The Kier molecular flexibility index (Phi) is 9.46. The third-order valence-corrected chi connectivity index (χ3v) is 7.23. The minimum absolute atomic E-state index is 0.0138. The van der Waals surface area contributed by atoms with Crippen molar-refractivity contribution in [3.05, 3.63) is 84.8 Å². The van der Waals surface area contributed by atoms with Crippen LogP contribution in [0, 0.1) is 11.3 Å². The molecule has 2 aromatic carbocycles. The first kappa shape index (κ1) is 25.7. The zero-order valence-corrected chi connectivity index (χ0v) is 21.3. The Balaban J connectivity index is 2.14. The number of methoxy groups -OCH3 is 1. The number of aromatic nitrogens is 1. The quantitative estimate of drug-likeness (QED) is 0.243. The number of nitriles is 1. The molecule has 0 radical (unpaired) electrons. The molecule has 1 heterocycles. The zero-order valence-electron chi connectivity index (χ0n) is 19.7. The van der Waals surface area contributed by atoms with Gasteiger partial charge in [0.1, 0.15) is 16.3 Å². The molecule has 3 rings (SSSR count). The van der Waals surface area contributed by atoms with E-state index in [1.807, 2.05) is 48.7 Å². The highest BCUT2D eigenvalue weighted by molar-refractivity contribution is 7.98. The van der Waals surface area contributed by atoms with E-state index in [1.54, 1.807) is 31.0 Å². The summed E-state index contributed by atoms with van der Waals surface area (Å²) in [6, 6.07) is 17.3. The van der Waals surface area contributed by atoms with Crippen LogP contribution in [0.2, 0.25) is 0 Å². The SMILES string of the molecule is CCCc1ccc(C(=O)/C(C#N)=c2\s/c(=C\c3ccc(SC)cc3)c(=O)n2CCCOC)cc1. The normalized spacial score (nSPS) is 12.5. The minimum atomic E-state index is -0.372. The van der Waals surface area contributed by atoms with Crippen LogP contribution in [-0.2, 0) is 17.7 Å². The molecule has 0 amide bonds. The van der Waals surface area contributed by atoms with Crippen LogP contribution in [0.15, 0.2) is 58.2 Å². The van der Waals surface area contributed by atoms with Crippen molar-refractivity contribution >= 4 is 40.5 Å². The summed E-state index contributed by atoms with van der Waals surface area (Å²) in [4.78, 5) is 27.7. The minimum Gasteiger partial charge on any atom is -0.385 e. The van der Waals surface area contributed by atoms with Crippen LogP contribution in [0.1, 0.15) is 41.3 Å². The number of carbonyl (C=O) groups is 1. The van der Waals surface area contributed by atoms with Gasteiger partial charge in [-0.25, -0.2) is 0 Å². The van der Waals surface area contributed by atoms with Gasteiger partial charge in [0.25, 0.3) is 5.56 Å². The van der Waals surface area contributed by atoms with Crippen LogP contribution < -0.4 is 14.8 Å². The maximum Gasteiger partial charge on any atom is 0.269 e. The topological polar surface area (TPSA) is 72.1 Å². The summed E-state index contributed by atoms with van der Waals surface area (Å²) in [5.41, 5.74) is 2.26. The summed E-state index contributed by atoms with van der Waals surface area (Å²) in [6.07, 6.45) is 6.37. The largest absolute Gasteiger partial charge is 0.385 e. The maximum atomic E-state index is 13.3. The van der Waals surface area contributed by atoms with Gasteiger partial charge in [-0.05, 0) is 48.4 Å². The Morgan fingerprint density at radius 1 is 1.18 bits per heavy atom. The standard InChI is InChI=1S/C27H28N2O3S2/c1-4-6-19-7-11-21(12-8-19)25(30)23(18-28)27-29(15-5-16-32-2)26(31)24(34-27)17-20-9-13-22(33-3)14-10-20/h7-14,17H,4-6,15-16H2,1-3H3/b24-17-,27-23-. The van der Waals surface area contributed by atoms with E-state index < -0.39 is 0 Å². The second-order valence-electron chi connectivity index (χ2n) is 7.75. The molecule has 0 unspecified atom stereocenters. The van der Waals surface area contributed by atoms with Crippen LogP contribution >= 0.6 is 23.1 Å². The third-order valence-electron chi connectivity index (χ3n) is 5.36. The van der Waals surface area contributed by atoms with Crippen molar-refractivity contribution in [3.8, 4) is 6.07 Å². The Morgan fingerprint density at radius 2 is 1.88 bits per heavy atom. The number of benzene rings is 2. The van der Waals surface area contributed by atoms with E-state index in [0.29, 0.717) is 34.3 Å². The molecule has 0 atom stereocenters. The van der Waals surface area contributed by atoms with Crippen molar-refractivity contribution < 1.29 is 9.53 Å². The predicted octanol–water partition coefficient (Wildman–Crippen LogP) is 4.01. The van der Waals surface area contributed by atoms with E-state index in [1.165, 1.54) is 15.9 Å². The molecular weight excluding hydrogens is 464 g/mol. The van der Waals surface area contributed by atoms with Gasteiger partial charge in [-0.15, -0.1) is 23.1 Å². The van der Waals surface area contributed by atoms with Crippen molar-refractivity contribution in [2.45, 2.75) is 37.6 Å². The number of hydrogen-bond donors (Lipinski definition) is 0. The van der Waals surface area contributed by atoms with Gasteiger partial charge >= 0.3 is 0 Å². The molecule has 0 aliphatic rings. The lowest BCUT2D eigenvalue weighted by atomic mass is 10.0. The molecule has 0 N–H and O–H groups in total. The number of ketones is 1.